The molecule has 0 aliphatic heterocycles. The monoisotopic (exact) mass is 452 g/mol. The highest BCUT2D eigenvalue weighted by Gasteiger charge is 2.32. The number of rotatable bonds is 9. The SMILES string of the molecule is CCOC(=O)c1[nH]c(C)c(C(=O)[C@H](C)N(Cc2ccco2)C(=O)c2ccc(OC)cc2)c1C. The molecule has 0 aliphatic rings. The molecule has 1 aromatic carbocycles. The fraction of sp³-hybridized carbons (Fsp3) is 0.320. The van der Waals surface area contributed by atoms with Crippen LogP contribution >= 0.6 is 0 Å². The van der Waals surface area contributed by atoms with Crippen LogP contribution in [0.25, 0.3) is 0 Å². The van der Waals surface area contributed by atoms with E-state index in [9.17, 15) is 14.4 Å². The summed E-state index contributed by atoms with van der Waals surface area (Å²) in [6.07, 6.45) is 1.52. The number of H-pyrrole nitrogens is 1. The molecule has 8 heteroatoms. The fourth-order valence-corrected chi connectivity index (χ4v) is 3.73. The number of amides is 1. The Kier molecular flexibility index (Phi) is 7.37. The first-order valence-electron chi connectivity index (χ1n) is 10.7. The number of nitrogens with zero attached hydrogens (tertiary/aromatic N) is 1. The van der Waals surface area contributed by atoms with Gasteiger partial charge in [-0.15, -0.1) is 0 Å². The van der Waals surface area contributed by atoms with Crippen molar-refractivity contribution in [3.8, 4) is 5.75 Å². The number of hydrogen-bond acceptors (Lipinski definition) is 6. The molecule has 174 valence electrons. The first-order chi connectivity index (χ1) is 15.8. The molecule has 2 heterocycles. The minimum Gasteiger partial charge on any atom is -0.497 e. The van der Waals surface area contributed by atoms with Gasteiger partial charge < -0.3 is 23.8 Å². The Labute approximate surface area is 192 Å². The van der Waals surface area contributed by atoms with Crippen molar-refractivity contribution in [1.29, 1.82) is 0 Å². The highest BCUT2D eigenvalue weighted by atomic mass is 16.5. The minimum absolute atomic E-state index is 0.109. The standard InChI is InChI=1S/C25H28N2O6/c1-6-32-25(30)22-15(2)21(16(3)26-22)23(28)17(4)27(14-20-8-7-13-33-20)24(29)18-9-11-19(31-5)12-10-18/h7-13,17,26H,6,14H2,1-5H3/t17-/m0/s1. The van der Waals surface area contributed by atoms with Gasteiger partial charge in [0.05, 0.1) is 32.6 Å². The Hall–Kier alpha value is -3.81. The van der Waals surface area contributed by atoms with Gasteiger partial charge >= 0.3 is 5.97 Å². The van der Waals surface area contributed by atoms with Crippen LogP contribution in [0.15, 0.2) is 47.1 Å². The van der Waals surface area contributed by atoms with Gasteiger partial charge in [-0.2, -0.15) is 0 Å². The highest BCUT2D eigenvalue weighted by molar-refractivity contribution is 6.07. The Morgan fingerprint density at radius 3 is 2.39 bits per heavy atom. The second-order valence-corrected chi connectivity index (χ2v) is 7.63. The highest BCUT2D eigenvalue weighted by Crippen LogP contribution is 2.24. The number of carbonyl (C=O) groups is 3. The number of furan rings is 1. The molecule has 33 heavy (non-hydrogen) atoms. The van der Waals surface area contributed by atoms with E-state index >= 15 is 0 Å². The molecule has 0 saturated carbocycles. The Morgan fingerprint density at radius 1 is 1.12 bits per heavy atom. The number of esters is 1. The first kappa shape index (κ1) is 23.8. The topological polar surface area (TPSA) is 102 Å². The summed E-state index contributed by atoms with van der Waals surface area (Å²) in [6, 6.07) is 9.33. The number of methoxy groups -OCH3 is 1. The summed E-state index contributed by atoms with van der Waals surface area (Å²) in [4.78, 5) is 43.7. The van der Waals surface area contributed by atoms with Crippen molar-refractivity contribution in [3.63, 3.8) is 0 Å². The number of Topliss-reactive ketones (excluding diaryl/α,β-unsaturated/α-hetero) is 1. The molecule has 1 atom stereocenters. The van der Waals surface area contributed by atoms with E-state index in [1.54, 1.807) is 71.2 Å². The second-order valence-electron chi connectivity index (χ2n) is 7.63. The van der Waals surface area contributed by atoms with Crippen molar-refractivity contribution in [1.82, 2.24) is 9.88 Å². The Bertz CT molecular complexity index is 1130. The van der Waals surface area contributed by atoms with Crippen LogP contribution in [0.1, 0.15) is 62.1 Å². The lowest BCUT2D eigenvalue weighted by atomic mass is 9.99. The molecule has 0 radical (unpaired) electrons. The molecule has 0 saturated heterocycles. The van der Waals surface area contributed by atoms with E-state index in [0.717, 1.165) is 0 Å². The molecule has 0 spiro atoms. The number of hydrogen-bond donors (Lipinski definition) is 1. The van der Waals surface area contributed by atoms with Gasteiger partial charge in [0.25, 0.3) is 5.91 Å². The van der Waals surface area contributed by atoms with Gasteiger partial charge in [-0.25, -0.2) is 4.79 Å². The molecule has 1 amide bonds. The summed E-state index contributed by atoms with van der Waals surface area (Å²) in [5.74, 6) is 0.0349. The van der Waals surface area contributed by atoms with E-state index in [1.165, 1.54) is 11.2 Å². The molecule has 8 nitrogen and oxygen atoms in total. The number of aromatic nitrogens is 1. The van der Waals surface area contributed by atoms with Gasteiger partial charge in [0.1, 0.15) is 17.2 Å². The van der Waals surface area contributed by atoms with Crippen molar-refractivity contribution in [2.75, 3.05) is 13.7 Å². The predicted octanol–water partition coefficient (Wildman–Crippen LogP) is 4.32. The van der Waals surface area contributed by atoms with E-state index in [0.29, 0.717) is 33.9 Å². The summed E-state index contributed by atoms with van der Waals surface area (Å²) in [5, 5.41) is 0. The molecule has 0 aliphatic carbocycles. The quantitative estimate of drug-likeness (QED) is 0.383. The van der Waals surface area contributed by atoms with Gasteiger partial charge in [-0.05, 0) is 69.7 Å². The average Bonchev–Trinajstić information content (AvgIpc) is 3.43. The van der Waals surface area contributed by atoms with E-state index in [1.807, 2.05) is 0 Å². The minimum atomic E-state index is -0.826. The first-order valence-corrected chi connectivity index (χ1v) is 10.7. The third-order valence-corrected chi connectivity index (χ3v) is 5.51. The zero-order chi connectivity index (χ0) is 24.1. The van der Waals surface area contributed by atoms with Crippen molar-refractivity contribution in [2.45, 2.75) is 40.3 Å². The summed E-state index contributed by atoms with van der Waals surface area (Å²) in [5.41, 5.74) is 2.07. The van der Waals surface area contributed by atoms with Crippen molar-refractivity contribution >= 4 is 17.7 Å². The predicted molar refractivity (Wildman–Crippen MR) is 122 cm³/mol. The molecule has 1 N–H and O–H groups in total. The molecular weight excluding hydrogens is 424 g/mol. The van der Waals surface area contributed by atoms with Crippen LogP contribution in [0, 0.1) is 13.8 Å². The molecule has 0 bridgehead atoms. The van der Waals surface area contributed by atoms with E-state index in [4.69, 9.17) is 13.9 Å². The number of nitrogens with one attached hydrogen (secondary N) is 1. The van der Waals surface area contributed by atoms with Gasteiger partial charge in [0.15, 0.2) is 5.78 Å². The maximum atomic E-state index is 13.6. The van der Waals surface area contributed by atoms with Crippen LogP contribution in [0.4, 0.5) is 0 Å². The van der Waals surface area contributed by atoms with Crippen molar-refractivity contribution in [2.24, 2.45) is 0 Å². The van der Waals surface area contributed by atoms with Crippen LogP contribution in [-0.4, -0.2) is 47.3 Å². The summed E-state index contributed by atoms with van der Waals surface area (Å²) in [6.45, 7) is 7.13. The van der Waals surface area contributed by atoms with Crippen molar-refractivity contribution < 1.29 is 28.3 Å². The molecular formula is C25H28N2O6. The number of ether oxygens (including phenoxy) is 2. The summed E-state index contributed by atoms with van der Waals surface area (Å²) >= 11 is 0. The number of carbonyl (C=O) groups excluding carboxylic acids is 3. The maximum absolute atomic E-state index is 13.6. The molecule has 2 aromatic heterocycles. The smallest absolute Gasteiger partial charge is 0.355 e. The van der Waals surface area contributed by atoms with E-state index in [-0.39, 0.29) is 30.5 Å². The molecule has 3 rings (SSSR count). The zero-order valence-corrected chi connectivity index (χ0v) is 19.4. The second kappa shape index (κ2) is 10.2. The number of aryl methyl sites for hydroxylation is 1. The van der Waals surface area contributed by atoms with E-state index < -0.39 is 12.0 Å². The molecule has 0 fully saturated rings. The lowest BCUT2D eigenvalue weighted by Crippen LogP contribution is -2.43. The lowest BCUT2D eigenvalue weighted by molar-refractivity contribution is 0.0518. The van der Waals surface area contributed by atoms with Gasteiger partial charge in [-0.1, -0.05) is 0 Å². The zero-order valence-electron chi connectivity index (χ0n) is 19.4. The van der Waals surface area contributed by atoms with Crippen LogP contribution < -0.4 is 4.74 Å². The van der Waals surface area contributed by atoms with Crippen LogP contribution in [0.5, 0.6) is 5.75 Å². The Morgan fingerprint density at radius 2 is 1.82 bits per heavy atom. The summed E-state index contributed by atoms with van der Waals surface area (Å²) in [7, 11) is 1.55. The number of ketones is 1. The molecule has 0 unspecified atom stereocenters. The van der Waals surface area contributed by atoms with Crippen molar-refractivity contribution in [3.05, 3.63) is 76.5 Å². The normalized spacial score (nSPS) is 11.7. The third-order valence-electron chi connectivity index (χ3n) is 5.51. The van der Waals surface area contributed by atoms with Crippen LogP contribution in [0.2, 0.25) is 0 Å². The number of aromatic amines is 1. The maximum Gasteiger partial charge on any atom is 0.355 e. The van der Waals surface area contributed by atoms with Gasteiger partial charge in [0, 0.05) is 16.8 Å². The van der Waals surface area contributed by atoms with E-state index in [2.05, 4.69) is 4.98 Å². The van der Waals surface area contributed by atoms with Gasteiger partial charge in [0.2, 0.25) is 0 Å². The fourth-order valence-electron chi connectivity index (χ4n) is 3.73. The van der Waals surface area contributed by atoms with Gasteiger partial charge in [-0.3, -0.25) is 9.59 Å². The van der Waals surface area contributed by atoms with Crippen LogP contribution in [0.3, 0.4) is 0 Å². The largest absolute Gasteiger partial charge is 0.497 e. The third kappa shape index (κ3) is 5.00. The lowest BCUT2D eigenvalue weighted by Gasteiger charge is -2.28. The molecule has 3 aromatic rings. The summed E-state index contributed by atoms with van der Waals surface area (Å²) < 4.78 is 15.7. The van der Waals surface area contributed by atoms with Crippen LogP contribution in [-0.2, 0) is 11.3 Å². The average molecular weight is 453 g/mol. The number of benzene rings is 1. The Balaban J connectivity index is 1.95.